The van der Waals surface area contributed by atoms with Crippen LogP contribution in [-0.2, 0) is 4.79 Å². The second kappa shape index (κ2) is 5.15. The predicted molar refractivity (Wildman–Crippen MR) is 66.5 cm³/mol. The van der Waals surface area contributed by atoms with Crippen LogP contribution in [0.2, 0.25) is 0 Å². The molecule has 2 aromatic rings. The normalized spacial score (nSPS) is 10.4. The highest BCUT2D eigenvalue weighted by molar-refractivity contribution is 7.99. The van der Waals surface area contributed by atoms with Crippen LogP contribution < -0.4 is 5.56 Å². The molecule has 2 aromatic heterocycles. The van der Waals surface area contributed by atoms with Crippen LogP contribution in [0.25, 0.3) is 10.6 Å². The van der Waals surface area contributed by atoms with E-state index in [2.05, 4.69) is 9.97 Å². The molecule has 0 saturated carbocycles. The van der Waals surface area contributed by atoms with E-state index in [1.54, 1.807) is 0 Å². The van der Waals surface area contributed by atoms with Gasteiger partial charge in [-0.2, -0.15) is 0 Å². The molecule has 17 heavy (non-hydrogen) atoms. The van der Waals surface area contributed by atoms with Crippen LogP contribution in [0.4, 0.5) is 0 Å². The lowest BCUT2D eigenvalue weighted by Crippen LogP contribution is -2.09. The van der Waals surface area contributed by atoms with E-state index >= 15 is 0 Å². The van der Waals surface area contributed by atoms with Gasteiger partial charge in [0.2, 0.25) is 0 Å². The average molecular weight is 268 g/mol. The number of carboxylic acids is 1. The Morgan fingerprint density at radius 1 is 1.59 bits per heavy atom. The smallest absolute Gasteiger partial charge is 0.313 e. The Morgan fingerprint density at radius 2 is 2.41 bits per heavy atom. The zero-order chi connectivity index (χ0) is 12.3. The molecule has 0 aromatic carbocycles. The topological polar surface area (TPSA) is 83.0 Å². The molecule has 0 saturated heterocycles. The van der Waals surface area contributed by atoms with Crippen LogP contribution >= 0.6 is 23.1 Å². The van der Waals surface area contributed by atoms with E-state index in [0.29, 0.717) is 10.9 Å². The first-order chi connectivity index (χ1) is 8.15. The third-order valence-corrected chi connectivity index (χ3v) is 3.58. The summed E-state index contributed by atoms with van der Waals surface area (Å²) >= 11 is 2.47. The molecular weight excluding hydrogens is 260 g/mol. The molecule has 88 valence electrons. The first kappa shape index (κ1) is 11.9. The van der Waals surface area contributed by atoms with Crippen molar-refractivity contribution >= 4 is 29.1 Å². The van der Waals surface area contributed by atoms with Gasteiger partial charge >= 0.3 is 5.97 Å². The van der Waals surface area contributed by atoms with Crippen molar-refractivity contribution in [1.29, 1.82) is 0 Å². The molecule has 5 nitrogen and oxygen atoms in total. The Bertz CT molecular complexity index is 577. The maximum absolute atomic E-state index is 11.4. The molecule has 7 heteroatoms. The summed E-state index contributed by atoms with van der Waals surface area (Å²) in [7, 11) is 0. The van der Waals surface area contributed by atoms with Crippen molar-refractivity contribution < 1.29 is 9.90 Å². The van der Waals surface area contributed by atoms with Crippen LogP contribution in [0.5, 0.6) is 0 Å². The lowest BCUT2D eigenvalue weighted by Gasteiger charge is -2.00. The summed E-state index contributed by atoms with van der Waals surface area (Å²) in [5.41, 5.74) is 0.285. The standard InChI is InChI=1S/C10H8N2O3S2/c13-8-4-6(7-2-1-3-16-7)11-10(12-8)17-5-9(14)15/h1-4H,5H2,(H,14,15)(H,11,12,13). The zero-order valence-corrected chi connectivity index (χ0v) is 10.2. The van der Waals surface area contributed by atoms with Crippen LogP contribution in [-0.4, -0.2) is 26.8 Å². The molecule has 2 N–H and O–H groups in total. The molecule has 0 fully saturated rings. The number of nitrogens with zero attached hydrogens (tertiary/aromatic N) is 1. The number of hydrogen-bond donors (Lipinski definition) is 2. The van der Waals surface area contributed by atoms with Gasteiger partial charge in [0.1, 0.15) is 0 Å². The molecule has 0 atom stereocenters. The molecule has 0 unspecified atom stereocenters. The van der Waals surface area contributed by atoms with Gasteiger partial charge in [-0.15, -0.1) is 11.3 Å². The van der Waals surface area contributed by atoms with Gasteiger partial charge in [0.05, 0.1) is 16.3 Å². The number of nitrogens with one attached hydrogen (secondary N) is 1. The Labute approximate surface area is 105 Å². The van der Waals surface area contributed by atoms with E-state index in [1.165, 1.54) is 17.4 Å². The average Bonchev–Trinajstić information content (AvgIpc) is 2.79. The number of carboxylic acid groups (broad SMARTS) is 1. The quantitative estimate of drug-likeness (QED) is 0.651. The molecule has 0 amide bonds. The molecule has 2 rings (SSSR count). The third kappa shape index (κ3) is 3.18. The first-order valence-electron chi connectivity index (χ1n) is 4.65. The fraction of sp³-hybridized carbons (Fsp3) is 0.100. The second-order valence-electron chi connectivity index (χ2n) is 3.10. The summed E-state index contributed by atoms with van der Waals surface area (Å²) in [6.07, 6.45) is 0. The van der Waals surface area contributed by atoms with Crippen molar-refractivity contribution in [2.75, 3.05) is 5.75 Å². The van der Waals surface area contributed by atoms with Gasteiger partial charge in [0, 0.05) is 6.07 Å². The van der Waals surface area contributed by atoms with E-state index < -0.39 is 5.97 Å². The van der Waals surface area contributed by atoms with Crippen molar-refractivity contribution in [3.8, 4) is 10.6 Å². The maximum Gasteiger partial charge on any atom is 0.313 e. The maximum atomic E-state index is 11.4. The van der Waals surface area contributed by atoms with Crippen LogP contribution in [0, 0.1) is 0 Å². The molecular formula is C10H8N2O3S2. The molecule has 0 bridgehead atoms. The minimum absolute atomic E-state index is 0.128. The van der Waals surface area contributed by atoms with Gasteiger partial charge in [-0.3, -0.25) is 9.59 Å². The second-order valence-corrected chi connectivity index (χ2v) is 5.01. The molecule has 0 aliphatic carbocycles. The highest BCUT2D eigenvalue weighted by Crippen LogP contribution is 2.23. The fourth-order valence-corrected chi connectivity index (χ4v) is 2.47. The summed E-state index contributed by atoms with van der Waals surface area (Å²) in [5, 5.41) is 10.8. The lowest BCUT2D eigenvalue weighted by molar-refractivity contribution is -0.133. The zero-order valence-electron chi connectivity index (χ0n) is 8.54. The minimum Gasteiger partial charge on any atom is -0.481 e. The highest BCUT2D eigenvalue weighted by atomic mass is 32.2. The highest BCUT2D eigenvalue weighted by Gasteiger charge is 2.07. The molecule has 0 aliphatic heterocycles. The fourth-order valence-electron chi connectivity index (χ4n) is 1.18. The number of thioether (sulfide) groups is 1. The van der Waals surface area contributed by atoms with Gasteiger partial charge in [-0.05, 0) is 11.4 Å². The summed E-state index contributed by atoms with van der Waals surface area (Å²) in [6, 6.07) is 5.13. The monoisotopic (exact) mass is 268 g/mol. The van der Waals surface area contributed by atoms with Crippen molar-refractivity contribution in [2.45, 2.75) is 5.16 Å². The third-order valence-electron chi connectivity index (χ3n) is 1.83. The van der Waals surface area contributed by atoms with E-state index in [4.69, 9.17) is 5.11 Å². The Kier molecular flexibility index (Phi) is 3.60. The summed E-state index contributed by atoms with van der Waals surface area (Å²) in [4.78, 5) is 29.4. The van der Waals surface area contributed by atoms with Gasteiger partial charge in [0.15, 0.2) is 5.16 Å². The molecule has 2 heterocycles. The number of thiophene rings is 1. The molecule has 0 radical (unpaired) electrons. The van der Waals surface area contributed by atoms with E-state index in [-0.39, 0.29) is 11.3 Å². The Morgan fingerprint density at radius 3 is 3.06 bits per heavy atom. The number of aromatic amines is 1. The van der Waals surface area contributed by atoms with E-state index in [9.17, 15) is 9.59 Å². The number of rotatable bonds is 4. The Balaban J connectivity index is 2.30. The van der Waals surface area contributed by atoms with E-state index in [1.807, 2.05) is 17.5 Å². The number of H-pyrrole nitrogens is 1. The van der Waals surface area contributed by atoms with Crippen molar-refractivity contribution in [1.82, 2.24) is 9.97 Å². The van der Waals surface area contributed by atoms with Crippen molar-refractivity contribution in [3.05, 3.63) is 33.9 Å². The van der Waals surface area contributed by atoms with Gasteiger partial charge in [-0.25, -0.2) is 4.98 Å². The molecule has 0 aliphatic rings. The van der Waals surface area contributed by atoms with Crippen LogP contribution in [0.1, 0.15) is 0 Å². The number of carbonyl (C=O) groups is 1. The number of aromatic nitrogens is 2. The summed E-state index contributed by atoms with van der Waals surface area (Å²) in [5.74, 6) is -1.07. The van der Waals surface area contributed by atoms with Crippen molar-refractivity contribution in [3.63, 3.8) is 0 Å². The largest absolute Gasteiger partial charge is 0.481 e. The summed E-state index contributed by atoms with van der Waals surface area (Å²) in [6.45, 7) is 0. The van der Waals surface area contributed by atoms with Gasteiger partial charge in [0.25, 0.3) is 5.56 Å². The lowest BCUT2D eigenvalue weighted by atomic mass is 10.3. The number of aliphatic carboxylic acids is 1. The van der Waals surface area contributed by atoms with Gasteiger partial charge in [-0.1, -0.05) is 17.8 Å². The minimum atomic E-state index is -0.945. The van der Waals surface area contributed by atoms with Crippen LogP contribution in [0.15, 0.2) is 33.5 Å². The van der Waals surface area contributed by atoms with Crippen LogP contribution in [0.3, 0.4) is 0 Å². The number of hydrogen-bond acceptors (Lipinski definition) is 5. The molecule has 0 spiro atoms. The summed E-state index contributed by atoms with van der Waals surface area (Å²) < 4.78 is 0. The van der Waals surface area contributed by atoms with Crippen molar-refractivity contribution in [2.24, 2.45) is 0 Å². The SMILES string of the molecule is O=C(O)CSc1nc(-c2cccs2)cc(=O)[nH]1. The van der Waals surface area contributed by atoms with Gasteiger partial charge < -0.3 is 10.1 Å². The van der Waals surface area contributed by atoms with E-state index in [0.717, 1.165) is 16.6 Å². The predicted octanol–water partition coefficient (Wildman–Crippen LogP) is 1.68. The first-order valence-corrected chi connectivity index (χ1v) is 6.51. The Hall–Kier alpha value is -1.60.